The number of furan rings is 1. The molecule has 4 saturated carbocycles. The molecule has 5 heterocycles. The number of fused-ring (bicyclic) bond motifs is 3. The molecule has 0 spiro atoms. The molecule has 1 aliphatic heterocycles. The summed E-state index contributed by atoms with van der Waals surface area (Å²) in [7, 11) is 2.13. The third kappa shape index (κ3) is 25.5. The van der Waals surface area contributed by atoms with Crippen LogP contribution in [0.3, 0.4) is 0 Å². The van der Waals surface area contributed by atoms with Crippen molar-refractivity contribution in [2.45, 2.75) is 195 Å². The number of halogens is 2. The second-order valence-electron chi connectivity index (χ2n) is 36.2. The van der Waals surface area contributed by atoms with Crippen molar-refractivity contribution in [2.24, 2.45) is 82.9 Å². The molecular weight excluding hydrogens is 2250 g/mol. The summed E-state index contributed by atoms with van der Waals surface area (Å²) in [6.07, 6.45) is 15.5. The zero-order chi connectivity index (χ0) is 83.8. The van der Waals surface area contributed by atoms with Crippen LogP contribution < -0.4 is 4.90 Å². The minimum atomic E-state index is -0.278. The summed E-state index contributed by atoms with van der Waals surface area (Å²) < 4.78 is 34.1. The molecule has 0 saturated heterocycles. The molecule has 5 aliphatic rings. The molecule has 0 amide bonds. The number of para-hydroxylation sites is 1. The van der Waals surface area contributed by atoms with Gasteiger partial charge in [0.05, 0.1) is 5.82 Å². The molecule has 0 bridgehead atoms. The van der Waals surface area contributed by atoms with E-state index >= 15 is 0 Å². The zero-order valence-corrected chi connectivity index (χ0v) is 89.0. The number of anilines is 1. The van der Waals surface area contributed by atoms with Crippen LogP contribution in [-0.4, -0.2) is 31.5 Å². The molecule has 125 heavy (non-hydrogen) atoms. The number of hydrogen-bond donors (Lipinski definition) is 0. The minimum Gasteiger partial charge on any atom is -0.514 e. The van der Waals surface area contributed by atoms with Crippen molar-refractivity contribution in [1.82, 2.24) is 24.4 Å². The fraction of sp³-hybridized carbons (Fsp3) is 0.393. The van der Waals surface area contributed by atoms with Gasteiger partial charge in [-0.25, -0.2) is 0 Å². The number of benzene rings is 8. The van der Waals surface area contributed by atoms with E-state index in [2.05, 4.69) is 310 Å². The van der Waals surface area contributed by atoms with Gasteiger partial charge in [0.1, 0.15) is 5.58 Å². The molecule has 673 valence electrons. The third-order valence-electron chi connectivity index (χ3n) is 28.2. The maximum Gasteiger partial charge on any atom is 3.00 e. The Morgan fingerprint density at radius 3 is 1.51 bits per heavy atom. The molecule has 4 aromatic heterocycles. The number of aryl methyl sites for hydroxylation is 3. The van der Waals surface area contributed by atoms with Crippen molar-refractivity contribution in [3.8, 4) is 50.7 Å². The van der Waals surface area contributed by atoms with E-state index in [1.54, 1.807) is 18.3 Å². The SMILES string of the molecule is CC(C)c1cc(-c2ccccc2)cc(C(C)C)c1-n1ccnc1-c1[c-]cccc1.CC1CC(C)C(C)C1C.CC1CCC(C)C1C.Cc1cc(-c2[c-]cc(F)cc2)ncc1C1CC(C)C(C)C1C.Cc1cc(C2C(C)C(C)C(C)C2C)cc(C)c1C1=CN(c2[c-]ccc3c2oc2ccccc23)[CH-]N1C.Fc1c[c-]c(-c2ccccn2)cc1.[CH3-].[CH3-].[CH3-].[CH3-].[Ir+3].[Ir].[Os+2].[Os+2]. The normalized spacial score (nSPS) is 23.0. The fourth-order valence-electron chi connectivity index (χ4n) is 19.4. The molecule has 4 aliphatic carbocycles. The summed E-state index contributed by atoms with van der Waals surface area (Å²) in [4.78, 5) is 17.8. The van der Waals surface area contributed by atoms with Gasteiger partial charge < -0.3 is 58.5 Å². The summed E-state index contributed by atoms with van der Waals surface area (Å²) >= 11 is 0. The Hall–Kier alpha value is -7.16. The van der Waals surface area contributed by atoms with Crippen LogP contribution in [0, 0.1) is 176 Å². The topological polar surface area (TPSA) is 63.2 Å². The van der Waals surface area contributed by atoms with Gasteiger partial charge in [-0.2, -0.15) is 24.9 Å². The Morgan fingerprint density at radius 1 is 0.480 bits per heavy atom. The number of pyridine rings is 2. The molecular formula is C112H139F2Ir2N6OOs2-2. The summed E-state index contributed by atoms with van der Waals surface area (Å²) in [6.45, 7) is 51.4. The average Bonchev–Trinajstić information content (AvgIpc) is 1.59. The Balaban J connectivity index is 0.000000332. The predicted molar refractivity (Wildman–Crippen MR) is 512 cm³/mol. The first-order valence-corrected chi connectivity index (χ1v) is 43.5. The summed E-state index contributed by atoms with van der Waals surface area (Å²) in [5, 5.41) is 2.26. The zero-order valence-electron chi connectivity index (χ0n) is 79.1. The summed E-state index contributed by atoms with van der Waals surface area (Å²) in [6, 6.07) is 69.8. The van der Waals surface area contributed by atoms with Crippen LogP contribution in [0.5, 0.6) is 0 Å². The van der Waals surface area contributed by atoms with E-state index in [0.717, 1.165) is 127 Å². The molecule has 0 N–H and O–H groups in total. The van der Waals surface area contributed by atoms with Gasteiger partial charge in [0, 0.05) is 84.4 Å². The van der Waals surface area contributed by atoms with Crippen LogP contribution in [0.2, 0.25) is 0 Å². The molecule has 4 fully saturated rings. The standard InChI is InChI=1S/C33H36N2O.C27H27N2.C20H23FN.C11H7FN.C9H18.C8H16.4CH3.2Ir.2Os/c1-19-15-25(32-23(5)21(3)22(4)24(32)6)16-20(2)31(19)29-17-35(18-34(29)7)28-13-10-12-27-26-11-8-9-14-30(26)36-33(27)28;1-19(2)24-17-23(21-11-7-5-8-12-21)18-25(20(3)4)26(24)29-16-15-28-27(29)22-13-9-6-10-14-22;1-12-9-18(15(4)14(12)3)19-11-22-20(10-13(19)2)16-5-7-17(21)8-6-16;12-10-6-4-9(5-7-10)11-3-1-2-8-13-11;1-6-5-7(2)9(4)8(6)3;1-6-4-5-7(2)8(6)3;;;;;;;;/h8-12,14-18,21-24,32H,1-7H3;5-13,15-20H,1-4H3;5,7-8,10-12,14-15,18H,9H2,1-4H3;1-4,6-8H;6-9H,5H2,1-4H3;6-8H,4-5H2,1-3H3;4*1H3;;;;/q-2;3*-1;;;4*-1;;+3;2*+2. The van der Waals surface area contributed by atoms with Crippen LogP contribution >= 0.6 is 0 Å². The van der Waals surface area contributed by atoms with Crippen LogP contribution in [0.15, 0.2) is 211 Å². The van der Waals surface area contributed by atoms with Crippen molar-refractivity contribution in [1.29, 1.82) is 0 Å². The molecule has 14 unspecified atom stereocenters. The predicted octanol–water partition coefficient (Wildman–Crippen LogP) is 31.3. The van der Waals surface area contributed by atoms with Crippen LogP contribution in [0.4, 0.5) is 14.5 Å². The van der Waals surface area contributed by atoms with E-state index in [1.807, 2.05) is 67.0 Å². The van der Waals surface area contributed by atoms with Crippen LogP contribution in [0.1, 0.15) is 218 Å². The molecule has 7 nitrogen and oxygen atoms in total. The van der Waals surface area contributed by atoms with E-state index in [-0.39, 0.29) is 121 Å². The van der Waals surface area contributed by atoms with Crippen molar-refractivity contribution >= 4 is 33.3 Å². The first-order valence-electron chi connectivity index (χ1n) is 43.5. The smallest absolute Gasteiger partial charge is 0.514 e. The first kappa shape index (κ1) is 110. The molecule has 13 heteroatoms. The number of imidazole rings is 1. The molecule has 1 radical (unpaired) electrons. The van der Waals surface area contributed by atoms with Crippen molar-refractivity contribution in [2.75, 3.05) is 11.9 Å². The monoisotopic (exact) mass is 2390 g/mol. The maximum absolute atomic E-state index is 13.0. The van der Waals surface area contributed by atoms with Gasteiger partial charge in [-0.05, 0) is 234 Å². The van der Waals surface area contributed by atoms with Gasteiger partial charge >= 0.3 is 59.7 Å². The van der Waals surface area contributed by atoms with Crippen LogP contribution in [0.25, 0.3) is 78.4 Å². The minimum absolute atomic E-state index is 0. The van der Waals surface area contributed by atoms with Crippen LogP contribution in [-0.2, 0) is 79.8 Å². The number of aromatic nitrogens is 4. The van der Waals surface area contributed by atoms with Crippen molar-refractivity contribution < 1.29 is 93.0 Å². The molecule has 8 aromatic carbocycles. The van der Waals surface area contributed by atoms with Gasteiger partial charge in [0.25, 0.3) is 0 Å². The largest absolute Gasteiger partial charge is 3.00 e. The van der Waals surface area contributed by atoms with E-state index in [1.165, 1.54) is 117 Å². The summed E-state index contributed by atoms with van der Waals surface area (Å²) in [5.74, 6) is 14.4. The molecule has 12 aromatic rings. The van der Waals surface area contributed by atoms with E-state index in [4.69, 9.17) is 4.42 Å². The second kappa shape index (κ2) is 49.6. The second-order valence-corrected chi connectivity index (χ2v) is 36.2. The average molecular weight is 2390 g/mol. The third-order valence-corrected chi connectivity index (χ3v) is 28.2. The fourth-order valence-corrected chi connectivity index (χ4v) is 19.4. The number of rotatable bonds is 11. The Kier molecular flexibility index (Phi) is 43.7. The molecule has 17 rings (SSSR count). The molecule has 14 atom stereocenters. The number of hydrogen-bond acceptors (Lipinski definition) is 6. The summed E-state index contributed by atoms with van der Waals surface area (Å²) in [5.41, 5.74) is 22.9. The number of nitrogens with zero attached hydrogens (tertiary/aromatic N) is 6. The quantitative estimate of drug-likeness (QED) is 0.120. The van der Waals surface area contributed by atoms with E-state index < -0.39 is 0 Å². The van der Waals surface area contributed by atoms with Gasteiger partial charge in [-0.1, -0.05) is 233 Å². The van der Waals surface area contributed by atoms with Crippen molar-refractivity contribution in [3.63, 3.8) is 0 Å². The van der Waals surface area contributed by atoms with Gasteiger partial charge in [-0.3, -0.25) is 13.8 Å². The van der Waals surface area contributed by atoms with E-state index in [9.17, 15) is 8.78 Å². The Bertz CT molecular complexity index is 5200. The maximum atomic E-state index is 13.0. The van der Waals surface area contributed by atoms with Gasteiger partial charge in [-0.15, -0.1) is 95.6 Å². The Labute approximate surface area is 807 Å². The first-order chi connectivity index (χ1) is 56.0. The Morgan fingerprint density at radius 2 is 1.02 bits per heavy atom. The van der Waals surface area contributed by atoms with Gasteiger partial charge in [0.2, 0.25) is 0 Å². The van der Waals surface area contributed by atoms with Crippen molar-refractivity contribution in [3.05, 3.63) is 324 Å². The van der Waals surface area contributed by atoms with Gasteiger partial charge in [0.15, 0.2) is 0 Å². The van der Waals surface area contributed by atoms with E-state index in [0.29, 0.717) is 41.4 Å².